The fourth-order valence-electron chi connectivity index (χ4n) is 1.60. The van der Waals surface area contributed by atoms with Gasteiger partial charge in [0.25, 0.3) is 5.91 Å². The minimum Gasteiger partial charge on any atom is -0.352 e. The zero-order chi connectivity index (χ0) is 13.2. The van der Waals surface area contributed by atoms with Crippen LogP contribution >= 0.6 is 0 Å². The second-order valence-corrected chi connectivity index (χ2v) is 4.05. The van der Waals surface area contributed by atoms with Crippen LogP contribution in [0.2, 0.25) is 0 Å². The lowest BCUT2D eigenvalue weighted by Crippen LogP contribution is -2.24. The summed E-state index contributed by atoms with van der Waals surface area (Å²) < 4.78 is 0. The number of nitrogens with one attached hydrogen (secondary N) is 1. The molecule has 18 heavy (non-hydrogen) atoms. The lowest BCUT2D eigenvalue weighted by atomic mass is 10.1. The van der Waals surface area contributed by atoms with Crippen molar-refractivity contribution in [2.45, 2.75) is 32.7 Å². The van der Waals surface area contributed by atoms with Gasteiger partial charge in [0.15, 0.2) is 0 Å². The summed E-state index contributed by atoms with van der Waals surface area (Å²) in [5, 5.41) is 6.35. The highest BCUT2D eigenvalue weighted by Gasteiger charge is 2.04. The summed E-state index contributed by atoms with van der Waals surface area (Å²) in [6.07, 6.45) is 3.26. The number of benzene rings is 1. The Hall–Kier alpha value is -2.00. The van der Waals surface area contributed by atoms with Crippen molar-refractivity contribution in [2.24, 2.45) is 5.11 Å². The van der Waals surface area contributed by atoms with Crippen molar-refractivity contribution in [3.05, 3.63) is 45.8 Å². The molecule has 1 aromatic rings. The number of amides is 1. The Bertz CT molecular complexity index is 438. The SMILES string of the molecule is CCCCCNC(=O)c1cccc(CN=[N+]=[N-])c1. The molecule has 5 nitrogen and oxygen atoms in total. The predicted molar refractivity (Wildman–Crippen MR) is 71.2 cm³/mol. The summed E-state index contributed by atoms with van der Waals surface area (Å²) in [6.45, 7) is 3.10. The van der Waals surface area contributed by atoms with E-state index in [1.807, 2.05) is 6.07 Å². The van der Waals surface area contributed by atoms with Crippen molar-refractivity contribution < 1.29 is 4.79 Å². The van der Waals surface area contributed by atoms with E-state index in [0.717, 1.165) is 24.8 Å². The standard InChI is InChI=1S/C13H18N4O/c1-2-3-4-8-15-13(18)12-7-5-6-11(9-12)10-16-17-14/h5-7,9H,2-4,8,10H2,1H3,(H,15,18). The number of nitrogens with zero attached hydrogens (tertiary/aromatic N) is 3. The molecule has 1 N–H and O–H groups in total. The minimum absolute atomic E-state index is 0.0751. The van der Waals surface area contributed by atoms with E-state index in [2.05, 4.69) is 22.3 Å². The van der Waals surface area contributed by atoms with Gasteiger partial charge in [-0.25, -0.2) is 0 Å². The zero-order valence-electron chi connectivity index (χ0n) is 10.6. The third-order valence-corrected chi connectivity index (χ3v) is 2.57. The second kappa shape index (κ2) is 8.14. The van der Waals surface area contributed by atoms with Gasteiger partial charge >= 0.3 is 0 Å². The molecule has 0 saturated carbocycles. The molecular weight excluding hydrogens is 228 g/mol. The van der Waals surface area contributed by atoms with Crippen molar-refractivity contribution in [3.63, 3.8) is 0 Å². The quantitative estimate of drug-likeness (QED) is 0.340. The normalized spacial score (nSPS) is 9.61. The molecule has 96 valence electrons. The molecule has 1 rings (SSSR count). The van der Waals surface area contributed by atoms with E-state index in [1.54, 1.807) is 18.2 Å². The third-order valence-electron chi connectivity index (χ3n) is 2.57. The average molecular weight is 246 g/mol. The van der Waals surface area contributed by atoms with Gasteiger partial charge < -0.3 is 5.32 Å². The number of unbranched alkanes of at least 4 members (excludes halogenated alkanes) is 2. The van der Waals surface area contributed by atoms with Crippen LogP contribution < -0.4 is 5.32 Å². The van der Waals surface area contributed by atoms with Crippen LogP contribution in [0.15, 0.2) is 29.4 Å². The van der Waals surface area contributed by atoms with Crippen LogP contribution in [0.4, 0.5) is 0 Å². The van der Waals surface area contributed by atoms with E-state index in [0.29, 0.717) is 12.1 Å². The summed E-state index contributed by atoms with van der Waals surface area (Å²) in [4.78, 5) is 14.5. The summed E-state index contributed by atoms with van der Waals surface area (Å²) in [5.74, 6) is -0.0751. The lowest BCUT2D eigenvalue weighted by molar-refractivity contribution is 0.0953. The van der Waals surface area contributed by atoms with E-state index in [-0.39, 0.29) is 12.5 Å². The number of azide groups is 1. The summed E-state index contributed by atoms with van der Waals surface area (Å²) in [7, 11) is 0. The summed E-state index contributed by atoms with van der Waals surface area (Å²) in [6, 6.07) is 7.14. The Labute approximate surface area is 107 Å². The Morgan fingerprint density at radius 3 is 3.00 bits per heavy atom. The number of carbonyl (C=O) groups excluding carboxylic acids is 1. The molecule has 5 heteroatoms. The maximum Gasteiger partial charge on any atom is 0.251 e. The van der Waals surface area contributed by atoms with Gasteiger partial charge in [-0.05, 0) is 29.6 Å². The number of rotatable bonds is 7. The van der Waals surface area contributed by atoms with Crippen LogP contribution in [-0.2, 0) is 6.54 Å². The first-order valence-corrected chi connectivity index (χ1v) is 6.16. The van der Waals surface area contributed by atoms with Crippen LogP contribution in [0, 0.1) is 0 Å². The summed E-state index contributed by atoms with van der Waals surface area (Å²) in [5.41, 5.74) is 9.70. The molecule has 0 heterocycles. The molecule has 0 aliphatic heterocycles. The number of carbonyl (C=O) groups is 1. The highest BCUT2D eigenvalue weighted by atomic mass is 16.1. The van der Waals surface area contributed by atoms with Crippen molar-refractivity contribution >= 4 is 5.91 Å². The third kappa shape index (κ3) is 4.89. The Morgan fingerprint density at radius 1 is 1.44 bits per heavy atom. The minimum atomic E-state index is -0.0751. The first-order chi connectivity index (χ1) is 8.77. The van der Waals surface area contributed by atoms with Crippen LogP contribution in [0.5, 0.6) is 0 Å². The monoisotopic (exact) mass is 246 g/mol. The predicted octanol–water partition coefficient (Wildman–Crippen LogP) is 3.42. The van der Waals surface area contributed by atoms with Crippen molar-refractivity contribution in [2.75, 3.05) is 6.54 Å². The molecule has 0 atom stereocenters. The number of hydrogen-bond acceptors (Lipinski definition) is 2. The smallest absolute Gasteiger partial charge is 0.251 e. The van der Waals surface area contributed by atoms with E-state index >= 15 is 0 Å². The van der Waals surface area contributed by atoms with Gasteiger partial charge in [0.1, 0.15) is 0 Å². The molecule has 0 spiro atoms. The van der Waals surface area contributed by atoms with Gasteiger partial charge in [-0.2, -0.15) is 0 Å². The van der Waals surface area contributed by atoms with E-state index in [1.165, 1.54) is 0 Å². The lowest BCUT2D eigenvalue weighted by Gasteiger charge is -2.05. The molecule has 0 fully saturated rings. The maximum absolute atomic E-state index is 11.8. The first kappa shape index (κ1) is 14.1. The number of hydrogen-bond donors (Lipinski definition) is 1. The van der Waals surface area contributed by atoms with Gasteiger partial charge in [0, 0.05) is 17.0 Å². The first-order valence-electron chi connectivity index (χ1n) is 6.16. The maximum atomic E-state index is 11.8. The molecule has 0 aliphatic carbocycles. The van der Waals surface area contributed by atoms with Crippen LogP contribution in [-0.4, -0.2) is 12.5 Å². The summed E-state index contributed by atoms with van der Waals surface area (Å²) >= 11 is 0. The average Bonchev–Trinajstić information content (AvgIpc) is 2.41. The molecule has 1 amide bonds. The highest BCUT2D eigenvalue weighted by molar-refractivity contribution is 5.94. The van der Waals surface area contributed by atoms with Crippen molar-refractivity contribution in [3.8, 4) is 0 Å². The second-order valence-electron chi connectivity index (χ2n) is 4.05. The molecule has 1 aromatic carbocycles. The molecule has 0 unspecified atom stereocenters. The van der Waals surface area contributed by atoms with E-state index < -0.39 is 0 Å². The van der Waals surface area contributed by atoms with E-state index in [4.69, 9.17) is 5.53 Å². The molecular formula is C13H18N4O. The fraction of sp³-hybridized carbons (Fsp3) is 0.462. The van der Waals surface area contributed by atoms with Gasteiger partial charge in [-0.1, -0.05) is 37.0 Å². The van der Waals surface area contributed by atoms with Gasteiger partial charge in [0.2, 0.25) is 0 Å². The van der Waals surface area contributed by atoms with Crippen molar-refractivity contribution in [1.29, 1.82) is 0 Å². The topological polar surface area (TPSA) is 77.9 Å². The van der Waals surface area contributed by atoms with Gasteiger partial charge in [-0.3, -0.25) is 4.79 Å². The Morgan fingerprint density at radius 2 is 2.28 bits per heavy atom. The Kier molecular flexibility index (Phi) is 6.36. The Balaban J connectivity index is 2.54. The van der Waals surface area contributed by atoms with Crippen molar-refractivity contribution in [1.82, 2.24) is 5.32 Å². The largest absolute Gasteiger partial charge is 0.352 e. The van der Waals surface area contributed by atoms with E-state index in [9.17, 15) is 4.79 Å². The molecule has 0 aliphatic rings. The fourth-order valence-corrected chi connectivity index (χ4v) is 1.60. The van der Waals surface area contributed by atoms with Gasteiger partial charge in [-0.15, -0.1) is 0 Å². The zero-order valence-corrected chi connectivity index (χ0v) is 10.6. The van der Waals surface area contributed by atoms with Gasteiger partial charge in [0.05, 0.1) is 6.54 Å². The van der Waals surface area contributed by atoms with Crippen LogP contribution in [0.1, 0.15) is 42.1 Å². The highest BCUT2D eigenvalue weighted by Crippen LogP contribution is 2.07. The molecule has 0 aromatic heterocycles. The molecule has 0 radical (unpaired) electrons. The molecule has 0 saturated heterocycles. The van der Waals surface area contributed by atoms with Crippen LogP contribution in [0.3, 0.4) is 0 Å². The van der Waals surface area contributed by atoms with Crippen LogP contribution in [0.25, 0.3) is 10.4 Å². The molecule has 0 bridgehead atoms.